The van der Waals surface area contributed by atoms with Gasteiger partial charge in [0.25, 0.3) is 0 Å². The van der Waals surface area contributed by atoms with Crippen LogP contribution in [0.3, 0.4) is 0 Å². The first kappa shape index (κ1) is 22.1. The van der Waals surface area contributed by atoms with Gasteiger partial charge in [-0.1, -0.05) is 40.9 Å². The van der Waals surface area contributed by atoms with E-state index in [0.717, 1.165) is 0 Å². The lowest BCUT2D eigenvalue weighted by molar-refractivity contribution is -0.386. The van der Waals surface area contributed by atoms with Crippen molar-refractivity contribution in [1.82, 2.24) is 19.6 Å². The molecule has 2 heterocycles. The number of hydrogen-bond donors (Lipinski definition) is 1. The number of halogens is 3. The Balaban J connectivity index is 1.79. The smallest absolute Gasteiger partial charge is 0.306 e. The second-order valence-electron chi connectivity index (χ2n) is 6.61. The van der Waals surface area contributed by atoms with Crippen LogP contribution in [-0.4, -0.2) is 30.4 Å². The minimum Gasteiger partial charge on any atom is -0.306 e. The Morgan fingerprint density at radius 1 is 1.20 bits per heavy atom. The van der Waals surface area contributed by atoms with Crippen molar-refractivity contribution in [2.75, 3.05) is 5.32 Å². The molecule has 0 bridgehead atoms. The third-order valence-corrected chi connectivity index (χ3v) is 5.54. The fourth-order valence-corrected chi connectivity index (χ4v) is 3.75. The molecule has 0 aliphatic rings. The lowest BCUT2D eigenvalue weighted by Crippen LogP contribution is -2.25. The first-order valence-electron chi connectivity index (χ1n) is 8.77. The number of benzene rings is 1. The average molecular weight is 472 g/mol. The third kappa shape index (κ3) is 4.28. The normalized spacial score (nSPS) is 12.1. The van der Waals surface area contributed by atoms with Gasteiger partial charge in [0.05, 0.1) is 11.5 Å². The Morgan fingerprint density at radius 2 is 1.83 bits per heavy atom. The quantitative estimate of drug-likeness (QED) is 0.410. The van der Waals surface area contributed by atoms with Crippen molar-refractivity contribution in [2.24, 2.45) is 0 Å². The van der Waals surface area contributed by atoms with Crippen LogP contribution in [0.25, 0.3) is 0 Å². The van der Waals surface area contributed by atoms with Crippen molar-refractivity contribution in [2.45, 2.75) is 33.4 Å². The van der Waals surface area contributed by atoms with Crippen molar-refractivity contribution >= 4 is 52.2 Å². The average Bonchev–Trinajstić information content (AvgIpc) is 3.16. The van der Waals surface area contributed by atoms with Gasteiger partial charge in [0, 0.05) is 21.8 Å². The van der Waals surface area contributed by atoms with Crippen LogP contribution >= 0.6 is 34.8 Å². The van der Waals surface area contributed by atoms with E-state index in [1.165, 1.54) is 29.4 Å². The summed E-state index contributed by atoms with van der Waals surface area (Å²) in [5, 5.41) is 23.4. The fourth-order valence-electron chi connectivity index (χ4n) is 3.04. The highest BCUT2D eigenvalue weighted by atomic mass is 35.5. The molecule has 1 atom stereocenters. The molecule has 0 radical (unpaired) electrons. The monoisotopic (exact) mass is 470 g/mol. The molecule has 9 nitrogen and oxygen atoms in total. The standard InChI is InChI=1S/C18H17Cl3N6O3/c1-9-16(27(29)30)10(2)26(23-9)11(3)18(28)22-17-15(21)8-25(24-17)7-12-13(19)5-4-6-14(12)20/h4-6,8,11H,7H2,1-3H3,(H,22,24,28). The van der Waals surface area contributed by atoms with Crippen molar-refractivity contribution < 1.29 is 9.72 Å². The number of amides is 1. The number of nitrogens with zero attached hydrogens (tertiary/aromatic N) is 5. The second-order valence-corrected chi connectivity index (χ2v) is 7.83. The maximum Gasteiger partial charge on any atom is 0.312 e. The minimum atomic E-state index is -0.823. The zero-order chi connectivity index (χ0) is 22.2. The number of carbonyl (C=O) groups is 1. The van der Waals surface area contributed by atoms with Crippen LogP contribution in [0, 0.1) is 24.0 Å². The van der Waals surface area contributed by atoms with Gasteiger partial charge in [-0.15, -0.1) is 0 Å². The molecule has 3 aromatic rings. The van der Waals surface area contributed by atoms with Gasteiger partial charge in [0.2, 0.25) is 5.91 Å². The highest BCUT2D eigenvalue weighted by molar-refractivity contribution is 6.36. The van der Waals surface area contributed by atoms with Gasteiger partial charge >= 0.3 is 5.69 Å². The van der Waals surface area contributed by atoms with Gasteiger partial charge in [-0.2, -0.15) is 10.2 Å². The molecule has 0 spiro atoms. The van der Waals surface area contributed by atoms with Gasteiger partial charge in [-0.05, 0) is 32.9 Å². The van der Waals surface area contributed by atoms with Crippen molar-refractivity contribution in [1.29, 1.82) is 0 Å². The SMILES string of the molecule is Cc1nn(C(C)C(=O)Nc2nn(Cc3c(Cl)cccc3Cl)cc2Cl)c(C)c1[N+](=O)[O-]. The van der Waals surface area contributed by atoms with E-state index in [2.05, 4.69) is 15.5 Å². The van der Waals surface area contributed by atoms with Gasteiger partial charge in [-0.25, -0.2) is 0 Å². The predicted molar refractivity (Wildman–Crippen MR) is 114 cm³/mol. The van der Waals surface area contributed by atoms with E-state index in [4.69, 9.17) is 34.8 Å². The molecule has 0 saturated carbocycles. The fraction of sp³-hybridized carbons (Fsp3) is 0.278. The Hall–Kier alpha value is -2.62. The Kier molecular flexibility index (Phi) is 6.35. The van der Waals surface area contributed by atoms with E-state index < -0.39 is 16.9 Å². The molecular formula is C18H17Cl3N6O3. The lowest BCUT2D eigenvalue weighted by atomic mass is 10.2. The minimum absolute atomic E-state index is 0.117. The molecule has 0 aliphatic carbocycles. The number of rotatable bonds is 6. The van der Waals surface area contributed by atoms with Crippen LogP contribution in [0.15, 0.2) is 24.4 Å². The number of carbonyl (C=O) groups excluding carboxylic acids is 1. The van der Waals surface area contributed by atoms with Crippen molar-refractivity contribution in [3.63, 3.8) is 0 Å². The van der Waals surface area contributed by atoms with Crippen molar-refractivity contribution in [3.8, 4) is 0 Å². The molecule has 0 saturated heterocycles. The predicted octanol–water partition coefficient (Wildman–Crippen LogP) is 4.81. The number of nitrogens with one attached hydrogen (secondary N) is 1. The van der Waals surface area contributed by atoms with Gasteiger partial charge in [0.15, 0.2) is 5.82 Å². The number of aryl methyl sites for hydroxylation is 1. The highest BCUT2D eigenvalue weighted by Gasteiger charge is 2.27. The maximum atomic E-state index is 12.7. The summed E-state index contributed by atoms with van der Waals surface area (Å²) >= 11 is 18.6. The largest absolute Gasteiger partial charge is 0.312 e. The second kappa shape index (κ2) is 8.63. The summed E-state index contributed by atoms with van der Waals surface area (Å²) in [5.41, 5.74) is 1.07. The van der Waals surface area contributed by atoms with Crippen LogP contribution in [0.5, 0.6) is 0 Å². The molecule has 2 aromatic heterocycles. The van der Waals surface area contributed by atoms with E-state index in [-0.39, 0.29) is 34.5 Å². The zero-order valence-electron chi connectivity index (χ0n) is 16.2. The van der Waals surface area contributed by atoms with E-state index in [0.29, 0.717) is 15.6 Å². The first-order valence-corrected chi connectivity index (χ1v) is 9.90. The van der Waals surface area contributed by atoms with Gasteiger partial charge in [-0.3, -0.25) is 24.3 Å². The van der Waals surface area contributed by atoms with Crippen LogP contribution in [0.4, 0.5) is 11.5 Å². The molecule has 1 N–H and O–H groups in total. The number of nitro groups is 1. The van der Waals surface area contributed by atoms with Crippen LogP contribution in [-0.2, 0) is 11.3 Å². The summed E-state index contributed by atoms with van der Waals surface area (Å²) in [4.78, 5) is 23.4. The molecule has 30 heavy (non-hydrogen) atoms. The number of anilines is 1. The van der Waals surface area contributed by atoms with E-state index >= 15 is 0 Å². The topological polar surface area (TPSA) is 108 Å². The molecule has 0 aliphatic heterocycles. The molecule has 1 aromatic carbocycles. The highest BCUT2D eigenvalue weighted by Crippen LogP contribution is 2.28. The first-order chi connectivity index (χ1) is 14.1. The van der Waals surface area contributed by atoms with E-state index in [1.54, 1.807) is 25.1 Å². The van der Waals surface area contributed by atoms with Crippen molar-refractivity contribution in [3.05, 3.63) is 66.5 Å². The Labute approximate surface area is 186 Å². The molecule has 12 heteroatoms. The third-order valence-electron chi connectivity index (χ3n) is 4.56. The summed E-state index contributed by atoms with van der Waals surface area (Å²) in [7, 11) is 0. The van der Waals surface area contributed by atoms with E-state index in [1.807, 2.05) is 0 Å². The summed E-state index contributed by atoms with van der Waals surface area (Å²) in [6, 6.07) is 4.34. The molecule has 0 fully saturated rings. The summed E-state index contributed by atoms with van der Waals surface area (Å²) in [5.74, 6) is -0.328. The Bertz CT molecular complexity index is 1120. The molecular weight excluding hydrogens is 455 g/mol. The van der Waals surface area contributed by atoms with Gasteiger partial charge in [0.1, 0.15) is 22.5 Å². The Morgan fingerprint density at radius 3 is 2.40 bits per heavy atom. The number of aromatic nitrogens is 4. The van der Waals surface area contributed by atoms with Crippen LogP contribution in [0.1, 0.15) is 29.9 Å². The molecule has 1 unspecified atom stereocenters. The summed E-state index contributed by atoms with van der Waals surface area (Å²) in [6.07, 6.45) is 1.54. The molecule has 3 rings (SSSR count). The van der Waals surface area contributed by atoms with Gasteiger partial charge < -0.3 is 5.32 Å². The lowest BCUT2D eigenvalue weighted by Gasteiger charge is -2.13. The molecule has 1 amide bonds. The zero-order valence-corrected chi connectivity index (χ0v) is 18.5. The van der Waals surface area contributed by atoms with E-state index in [9.17, 15) is 14.9 Å². The summed E-state index contributed by atoms with van der Waals surface area (Å²) in [6.45, 7) is 4.89. The summed E-state index contributed by atoms with van der Waals surface area (Å²) < 4.78 is 2.81. The maximum absolute atomic E-state index is 12.7. The molecule has 158 valence electrons. The number of hydrogen-bond acceptors (Lipinski definition) is 5. The van der Waals surface area contributed by atoms with Crippen LogP contribution in [0.2, 0.25) is 15.1 Å². The van der Waals surface area contributed by atoms with Crippen LogP contribution < -0.4 is 5.32 Å².